The van der Waals surface area contributed by atoms with E-state index in [-0.39, 0.29) is 31.2 Å². The second kappa shape index (κ2) is 9.36. The van der Waals surface area contributed by atoms with Gasteiger partial charge in [-0.2, -0.15) is 0 Å². The summed E-state index contributed by atoms with van der Waals surface area (Å²) < 4.78 is 5.27. The molecule has 0 aromatic heterocycles. The molecule has 1 aliphatic rings. The van der Waals surface area contributed by atoms with E-state index < -0.39 is 23.2 Å². The first kappa shape index (κ1) is 21.3. The molecule has 9 nitrogen and oxygen atoms in total. The first-order valence-corrected chi connectivity index (χ1v) is 9.50. The fourth-order valence-electron chi connectivity index (χ4n) is 3.38. The number of ether oxygens (including phenoxy) is 1. The normalized spacial score (nSPS) is 18.1. The number of aliphatic hydroxyl groups is 1. The Morgan fingerprint density at radius 2 is 1.83 bits per heavy atom. The molecule has 2 amide bonds. The van der Waals surface area contributed by atoms with Gasteiger partial charge in [0, 0.05) is 32.3 Å². The van der Waals surface area contributed by atoms with Gasteiger partial charge in [-0.15, -0.1) is 0 Å². The van der Waals surface area contributed by atoms with Crippen molar-refractivity contribution < 1.29 is 24.4 Å². The Bertz CT molecular complexity index is 903. The molecule has 0 spiro atoms. The van der Waals surface area contributed by atoms with Gasteiger partial charge in [0.1, 0.15) is 12.6 Å². The van der Waals surface area contributed by atoms with Crippen LogP contribution < -0.4 is 0 Å². The molecule has 1 unspecified atom stereocenters. The average Bonchev–Trinajstić information content (AvgIpc) is 3.13. The number of benzene rings is 2. The zero-order valence-corrected chi connectivity index (χ0v) is 16.5. The van der Waals surface area contributed by atoms with Crippen LogP contribution in [0, 0.1) is 10.1 Å². The number of nitro groups is 1. The third-order valence-electron chi connectivity index (χ3n) is 5.00. The van der Waals surface area contributed by atoms with Crippen LogP contribution in [0.4, 0.5) is 10.5 Å². The van der Waals surface area contributed by atoms with Gasteiger partial charge in [0.25, 0.3) is 5.69 Å². The van der Waals surface area contributed by atoms with E-state index in [9.17, 15) is 24.8 Å². The first-order chi connectivity index (χ1) is 14.4. The lowest BCUT2D eigenvalue weighted by Gasteiger charge is -2.29. The number of non-ortho nitro benzene ring substituents is 1. The fraction of sp³-hybridized carbons (Fsp3) is 0.333. The van der Waals surface area contributed by atoms with Crippen LogP contribution in [0.1, 0.15) is 17.5 Å². The number of nitrogens with zero attached hydrogens (tertiary/aromatic N) is 3. The van der Waals surface area contributed by atoms with Crippen molar-refractivity contribution in [2.45, 2.75) is 31.7 Å². The number of likely N-dealkylation sites (N-methyl/N-ethyl adjacent to an activating group) is 1. The molecule has 0 aliphatic carbocycles. The second-order valence-corrected chi connectivity index (χ2v) is 7.15. The molecule has 1 heterocycles. The molecule has 1 fully saturated rings. The van der Waals surface area contributed by atoms with Crippen LogP contribution in [0.15, 0.2) is 54.6 Å². The van der Waals surface area contributed by atoms with E-state index in [0.717, 1.165) is 5.56 Å². The number of carbonyl (C=O) groups is 2. The number of amides is 2. The van der Waals surface area contributed by atoms with Crippen molar-refractivity contribution in [3.05, 3.63) is 75.8 Å². The molecule has 2 aromatic carbocycles. The van der Waals surface area contributed by atoms with E-state index in [1.165, 1.54) is 34.1 Å². The van der Waals surface area contributed by atoms with Crippen LogP contribution in [-0.2, 0) is 22.7 Å². The minimum atomic E-state index is -1.01. The Labute approximate surface area is 173 Å². The van der Waals surface area contributed by atoms with Crippen molar-refractivity contribution in [3.8, 4) is 0 Å². The zero-order valence-electron chi connectivity index (χ0n) is 16.5. The van der Waals surface area contributed by atoms with Crippen molar-refractivity contribution in [2.24, 2.45) is 0 Å². The SMILES string of the molecule is CN(Cc1ccccc1)C(=O)[C@@H]1C(O)CCN1C(=O)OCc1ccc([N+](=O)[O-])cc1. The summed E-state index contributed by atoms with van der Waals surface area (Å²) >= 11 is 0. The summed E-state index contributed by atoms with van der Waals surface area (Å²) in [6, 6.07) is 14.1. The smallest absolute Gasteiger partial charge is 0.410 e. The monoisotopic (exact) mass is 413 g/mol. The van der Waals surface area contributed by atoms with Gasteiger partial charge < -0.3 is 14.7 Å². The number of hydrogen-bond donors (Lipinski definition) is 1. The average molecular weight is 413 g/mol. The molecule has 0 radical (unpaired) electrons. The minimum absolute atomic E-state index is 0.0557. The number of rotatable bonds is 6. The number of hydrogen-bond acceptors (Lipinski definition) is 6. The Kier molecular flexibility index (Phi) is 6.63. The maximum Gasteiger partial charge on any atom is 0.410 e. The van der Waals surface area contributed by atoms with Crippen LogP contribution in [0.25, 0.3) is 0 Å². The Hall–Kier alpha value is -3.46. The van der Waals surface area contributed by atoms with E-state index in [4.69, 9.17) is 4.74 Å². The van der Waals surface area contributed by atoms with Crippen LogP contribution >= 0.6 is 0 Å². The van der Waals surface area contributed by atoms with Gasteiger partial charge in [-0.25, -0.2) is 4.79 Å². The molecule has 9 heteroatoms. The molecular formula is C21H23N3O6. The number of carbonyl (C=O) groups excluding carboxylic acids is 2. The van der Waals surface area contributed by atoms with Gasteiger partial charge in [-0.05, 0) is 29.7 Å². The van der Waals surface area contributed by atoms with Gasteiger partial charge in [-0.3, -0.25) is 19.8 Å². The molecule has 2 aromatic rings. The molecule has 0 saturated carbocycles. The van der Waals surface area contributed by atoms with Crippen molar-refractivity contribution in [3.63, 3.8) is 0 Å². The highest BCUT2D eigenvalue weighted by molar-refractivity contribution is 5.86. The van der Waals surface area contributed by atoms with Crippen LogP contribution in [0.5, 0.6) is 0 Å². The van der Waals surface area contributed by atoms with E-state index in [1.54, 1.807) is 7.05 Å². The summed E-state index contributed by atoms with van der Waals surface area (Å²) in [6.45, 7) is 0.467. The summed E-state index contributed by atoms with van der Waals surface area (Å²) in [6.07, 6.45) is -1.40. The van der Waals surface area contributed by atoms with Gasteiger partial charge in [0.15, 0.2) is 0 Å². The molecule has 2 atom stereocenters. The largest absolute Gasteiger partial charge is 0.445 e. The fourth-order valence-corrected chi connectivity index (χ4v) is 3.38. The summed E-state index contributed by atoms with van der Waals surface area (Å²) in [7, 11) is 1.63. The molecule has 0 bridgehead atoms. The van der Waals surface area contributed by atoms with E-state index in [1.807, 2.05) is 30.3 Å². The van der Waals surface area contributed by atoms with E-state index in [0.29, 0.717) is 12.1 Å². The van der Waals surface area contributed by atoms with Gasteiger partial charge in [0.2, 0.25) is 5.91 Å². The highest BCUT2D eigenvalue weighted by atomic mass is 16.6. The predicted octanol–water partition coefficient (Wildman–Crippen LogP) is 2.33. The number of aliphatic hydroxyl groups excluding tert-OH is 1. The zero-order chi connectivity index (χ0) is 21.7. The molecule has 1 N–H and O–H groups in total. The number of likely N-dealkylation sites (tertiary alicyclic amines) is 1. The second-order valence-electron chi connectivity index (χ2n) is 7.15. The van der Waals surface area contributed by atoms with Crippen LogP contribution in [0.2, 0.25) is 0 Å². The first-order valence-electron chi connectivity index (χ1n) is 9.50. The molecule has 1 aliphatic heterocycles. The van der Waals surface area contributed by atoms with Gasteiger partial charge in [0.05, 0.1) is 11.0 Å². The molecule has 1 saturated heterocycles. The summed E-state index contributed by atoms with van der Waals surface area (Å²) in [4.78, 5) is 38.4. The third kappa shape index (κ3) is 4.93. The topological polar surface area (TPSA) is 113 Å². The summed E-state index contributed by atoms with van der Waals surface area (Å²) in [5, 5.41) is 21.0. The lowest BCUT2D eigenvalue weighted by atomic mass is 10.1. The molecular weight excluding hydrogens is 390 g/mol. The minimum Gasteiger partial charge on any atom is -0.445 e. The standard InChI is InChI=1S/C21H23N3O6/c1-22(13-15-5-3-2-4-6-15)20(26)19-18(25)11-12-23(19)21(27)30-14-16-7-9-17(10-8-16)24(28)29/h2-10,18-19,25H,11-14H2,1H3/t18?,19-/m0/s1. The summed E-state index contributed by atoms with van der Waals surface area (Å²) in [5.41, 5.74) is 1.46. The molecule has 158 valence electrons. The highest BCUT2D eigenvalue weighted by Crippen LogP contribution is 2.22. The molecule has 30 heavy (non-hydrogen) atoms. The van der Waals surface area contributed by atoms with Crippen molar-refractivity contribution in [1.29, 1.82) is 0 Å². The molecule has 3 rings (SSSR count). The van der Waals surface area contributed by atoms with Gasteiger partial charge in [-0.1, -0.05) is 30.3 Å². The number of nitro benzene ring substituents is 1. The Morgan fingerprint density at radius 3 is 2.47 bits per heavy atom. The van der Waals surface area contributed by atoms with Crippen molar-refractivity contribution in [2.75, 3.05) is 13.6 Å². The van der Waals surface area contributed by atoms with Crippen LogP contribution in [-0.4, -0.2) is 57.6 Å². The maximum atomic E-state index is 12.9. The van der Waals surface area contributed by atoms with Gasteiger partial charge >= 0.3 is 6.09 Å². The predicted molar refractivity (Wildman–Crippen MR) is 107 cm³/mol. The van der Waals surface area contributed by atoms with Crippen molar-refractivity contribution in [1.82, 2.24) is 9.80 Å². The van der Waals surface area contributed by atoms with Crippen LogP contribution in [0.3, 0.4) is 0 Å². The quantitative estimate of drug-likeness (QED) is 0.574. The third-order valence-corrected chi connectivity index (χ3v) is 5.00. The Morgan fingerprint density at radius 1 is 1.17 bits per heavy atom. The summed E-state index contributed by atoms with van der Waals surface area (Å²) in [5.74, 6) is -0.365. The lowest BCUT2D eigenvalue weighted by Crippen LogP contribution is -2.50. The lowest BCUT2D eigenvalue weighted by molar-refractivity contribution is -0.384. The van der Waals surface area contributed by atoms with Crippen molar-refractivity contribution >= 4 is 17.7 Å². The maximum absolute atomic E-state index is 12.9. The highest BCUT2D eigenvalue weighted by Gasteiger charge is 2.43. The Balaban J connectivity index is 1.61. The van der Waals surface area contributed by atoms with E-state index >= 15 is 0 Å². The van der Waals surface area contributed by atoms with E-state index in [2.05, 4.69) is 0 Å².